The van der Waals surface area contributed by atoms with Crippen LogP contribution >= 0.6 is 11.6 Å². The molecule has 2 aromatic carbocycles. The summed E-state index contributed by atoms with van der Waals surface area (Å²) in [6.45, 7) is 0. The number of nitrogens with zero attached hydrogens (tertiary/aromatic N) is 1. The summed E-state index contributed by atoms with van der Waals surface area (Å²) in [5.74, 6) is -0.878. The van der Waals surface area contributed by atoms with Crippen molar-refractivity contribution in [1.29, 1.82) is 5.26 Å². The summed E-state index contributed by atoms with van der Waals surface area (Å²) in [5.41, 5.74) is 0.651. The van der Waals surface area contributed by atoms with Crippen LogP contribution in [0.15, 0.2) is 30.3 Å². The topological polar surface area (TPSA) is 74.1 Å². The lowest BCUT2D eigenvalue weighted by atomic mass is 10.1. The zero-order valence-electron chi connectivity index (χ0n) is 12.4. The zero-order chi connectivity index (χ0) is 17.0. The molecule has 7 heteroatoms. The van der Waals surface area contributed by atoms with E-state index in [9.17, 15) is 9.18 Å². The molecule has 2 aromatic rings. The second-order valence-electron chi connectivity index (χ2n) is 4.48. The van der Waals surface area contributed by atoms with Crippen molar-refractivity contribution in [1.82, 2.24) is 5.32 Å². The molecule has 0 aliphatic rings. The summed E-state index contributed by atoms with van der Waals surface area (Å²) >= 11 is 5.98. The number of hydrogen-bond donors (Lipinski definition) is 2. The van der Waals surface area contributed by atoms with Gasteiger partial charge in [-0.1, -0.05) is 11.6 Å². The lowest BCUT2D eigenvalue weighted by molar-refractivity contribution is 0.0963. The molecule has 0 aliphatic heterocycles. The lowest BCUT2D eigenvalue weighted by Crippen LogP contribution is -2.19. The molecule has 2 rings (SSSR count). The van der Waals surface area contributed by atoms with Crippen molar-refractivity contribution in [2.45, 2.75) is 0 Å². The first-order chi connectivity index (χ1) is 11.0. The number of amides is 1. The third kappa shape index (κ3) is 3.35. The van der Waals surface area contributed by atoms with Crippen LogP contribution in [0, 0.1) is 17.1 Å². The quantitative estimate of drug-likeness (QED) is 0.897. The molecule has 0 saturated heterocycles. The zero-order valence-corrected chi connectivity index (χ0v) is 13.2. The van der Waals surface area contributed by atoms with Crippen LogP contribution in [0.5, 0.6) is 11.5 Å². The number of carbonyl (C=O) groups excluding carboxylic acids is 1. The number of benzene rings is 2. The molecule has 0 bridgehead atoms. The van der Waals surface area contributed by atoms with Crippen LogP contribution in [-0.2, 0) is 0 Å². The number of rotatable bonds is 4. The fraction of sp³-hybridized carbons (Fsp3) is 0.125. The SMILES string of the molecule is CNC(=O)c1cc(Oc2c(Cl)ccc(F)c2C#N)ccc1NC. The van der Waals surface area contributed by atoms with Crippen molar-refractivity contribution in [2.24, 2.45) is 0 Å². The molecule has 0 saturated carbocycles. The molecular weight excluding hydrogens is 321 g/mol. The Balaban J connectivity index is 2.48. The van der Waals surface area contributed by atoms with Crippen molar-refractivity contribution < 1.29 is 13.9 Å². The molecule has 2 N–H and O–H groups in total. The fourth-order valence-electron chi connectivity index (χ4n) is 1.98. The van der Waals surface area contributed by atoms with Crippen LogP contribution in [0.25, 0.3) is 0 Å². The molecule has 0 unspecified atom stereocenters. The molecule has 23 heavy (non-hydrogen) atoms. The Hall–Kier alpha value is -2.78. The van der Waals surface area contributed by atoms with Gasteiger partial charge in [0, 0.05) is 19.8 Å². The Kier molecular flexibility index (Phi) is 5.04. The van der Waals surface area contributed by atoms with Gasteiger partial charge in [0.25, 0.3) is 5.91 Å². The minimum absolute atomic E-state index is 0.0887. The largest absolute Gasteiger partial charge is 0.454 e. The van der Waals surface area contributed by atoms with Crippen molar-refractivity contribution >= 4 is 23.2 Å². The van der Waals surface area contributed by atoms with E-state index in [4.69, 9.17) is 21.6 Å². The molecule has 0 spiro atoms. The van der Waals surface area contributed by atoms with Crippen molar-refractivity contribution in [3.63, 3.8) is 0 Å². The molecule has 0 radical (unpaired) electrons. The van der Waals surface area contributed by atoms with E-state index in [0.29, 0.717) is 11.3 Å². The number of hydrogen-bond acceptors (Lipinski definition) is 4. The van der Waals surface area contributed by atoms with E-state index in [1.165, 1.54) is 19.2 Å². The molecular formula is C16H13ClFN3O2. The summed E-state index contributed by atoms with van der Waals surface area (Å²) in [6, 6.07) is 8.81. The van der Waals surface area contributed by atoms with Gasteiger partial charge in [-0.3, -0.25) is 4.79 Å². The van der Waals surface area contributed by atoms with Gasteiger partial charge in [-0.05, 0) is 30.3 Å². The number of carbonyl (C=O) groups is 1. The Morgan fingerprint density at radius 1 is 1.30 bits per heavy atom. The highest BCUT2D eigenvalue weighted by Crippen LogP contribution is 2.35. The predicted octanol–water partition coefficient (Wildman–Crippen LogP) is 3.54. The average molecular weight is 334 g/mol. The normalized spacial score (nSPS) is 9.87. The van der Waals surface area contributed by atoms with Gasteiger partial charge < -0.3 is 15.4 Å². The number of nitriles is 1. The van der Waals surface area contributed by atoms with Gasteiger partial charge in [0.05, 0.1) is 10.6 Å². The molecule has 118 valence electrons. The summed E-state index contributed by atoms with van der Waals surface area (Å²) < 4.78 is 19.2. The van der Waals surface area contributed by atoms with E-state index < -0.39 is 5.82 Å². The predicted molar refractivity (Wildman–Crippen MR) is 85.6 cm³/mol. The highest BCUT2D eigenvalue weighted by atomic mass is 35.5. The molecule has 0 heterocycles. The van der Waals surface area contributed by atoms with E-state index in [1.54, 1.807) is 25.2 Å². The number of ether oxygens (including phenoxy) is 1. The first kappa shape index (κ1) is 16.6. The minimum atomic E-state index is -0.731. The van der Waals surface area contributed by atoms with Crippen LogP contribution in [-0.4, -0.2) is 20.0 Å². The first-order valence-corrected chi connectivity index (χ1v) is 6.99. The number of anilines is 1. The summed E-state index contributed by atoms with van der Waals surface area (Å²) in [7, 11) is 3.19. The van der Waals surface area contributed by atoms with Crippen molar-refractivity contribution in [2.75, 3.05) is 19.4 Å². The molecule has 0 fully saturated rings. The van der Waals surface area contributed by atoms with Gasteiger partial charge in [-0.15, -0.1) is 0 Å². The number of halogens is 2. The van der Waals surface area contributed by atoms with E-state index in [1.807, 2.05) is 0 Å². The Labute approximate surface area is 137 Å². The second kappa shape index (κ2) is 6.99. The third-order valence-corrected chi connectivity index (χ3v) is 3.42. The Morgan fingerprint density at radius 2 is 2.04 bits per heavy atom. The van der Waals surface area contributed by atoms with Gasteiger partial charge in [0.1, 0.15) is 23.2 Å². The third-order valence-electron chi connectivity index (χ3n) is 3.12. The van der Waals surface area contributed by atoms with Crippen LogP contribution in [0.2, 0.25) is 5.02 Å². The summed E-state index contributed by atoms with van der Waals surface area (Å²) in [5, 5.41) is 14.6. The Morgan fingerprint density at radius 3 is 2.65 bits per heavy atom. The van der Waals surface area contributed by atoms with Gasteiger partial charge in [-0.2, -0.15) is 5.26 Å². The van der Waals surface area contributed by atoms with Crippen LogP contribution in [0.3, 0.4) is 0 Å². The molecule has 0 aromatic heterocycles. The maximum Gasteiger partial charge on any atom is 0.253 e. The maximum atomic E-state index is 13.7. The molecule has 5 nitrogen and oxygen atoms in total. The lowest BCUT2D eigenvalue weighted by Gasteiger charge is -2.13. The van der Waals surface area contributed by atoms with Crippen molar-refractivity contribution in [3.8, 4) is 17.6 Å². The second-order valence-corrected chi connectivity index (χ2v) is 4.89. The smallest absolute Gasteiger partial charge is 0.253 e. The monoisotopic (exact) mass is 333 g/mol. The highest BCUT2D eigenvalue weighted by molar-refractivity contribution is 6.32. The maximum absolute atomic E-state index is 13.7. The molecule has 0 aliphatic carbocycles. The fourth-order valence-corrected chi connectivity index (χ4v) is 2.18. The van der Waals surface area contributed by atoms with Crippen LogP contribution in [0.1, 0.15) is 15.9 Å². The van der Waals surface area contributed by atoms with Gasteiger partial charge >= 0.3 is 0 Å². The van der Waals surface area contributed by atoms with E-state index in [-0.39, 0.29) is 28.0 Å². The summed E-state index contributed by atoms with van der Waals surface area (Å²) in [6.07, 6.45) is 0. The minimum Gasteiger partial charge on any atom is -0.454 e. The van der Waals surface area contributed by atoms with E-state index in [0.717, 1.165) is 6.07 Å². The first-order valence-electron chi connectivity index (χ1n) is 6.61. The van der Waals surface area contributed by atoms with Gasteiger partial charge in [0.2, 0.25) is 0 Å². The van der Waals surface area contributed by atoms with Crippen LogP contribution in [0.4, 0.5) is 10.1 Å². The average Bonchev–Trinajstić information content (AvgIpc) is 2.57. The highest BCUT2D eigenvalue weighted by Gasteiger charge is 2.16. The van der Waals surface area contributed by atoms with Crippen LogP contribution < -0.4 is 15.4 Å². The van der Waals surface area contributed by atoms with Gasteiger partial charge in [-0.25, -0.2) is 4.39 Å². The molecule has 1 amide bonds. The standard InChI is InChI=1S/C16H13ClFN3O2/c1-20-14-6-3-9(7-10(14)16(22)21-2)23-15-11(8-19)13(18)5-4-12(15)17/h3-7,20H,1-2H3,(H,21,22). The van der Waals surface area contributed by atoms with E-state index in [2.05, 4.69) is 10.6 Å². The number of nitrogens with one attached hydrogen (secondary N) is 2. The Bertz CT molecular complexity index is 803. The van der Waals surface area contributed by atoms with Gasteiger partial charge in [0.15, 0.2) is 5.75 Å². The van der Waals surface area contributed by atoms with Crippen molar-refractivity contribution in [3.05, 3.63) is 52.3 Å². The van der Waals surface area contributed by atoms with E-state index >= 15 is 0 Å². The molecule has 0 atom stereocenters. The summed E-state index contributed by atoms with van der Waals surface area (Å²) in [4.78, 5) is 11.9.